The van der Waals surface area contributed by atoms with E-state index in [2.05, 4.69) is 18.4 Å². The van der Waals surface area contributed by atoms with Crippen LogP contribution in [-0.4, -0.2) is 35.0 Å². The van der Waals surface area contributed by atoms with Crippen LogP contribution in [0.5, 0.6) is 0 Å². The zero-order valence-corrected chi connectivity index (χ0v) is 14.0. The maximum atomic E-state index is 12.7. The Bertz CT molecular complexity index is 478. The van der Waals surface area contributed by atoms with Gasteiger partial charge in [0.2, 0.25) is 5.91 Å². The van der Waals surface area contributed by atoms with Gasteiger partial charge in [0.05, 0.1) is 5.92 Å². The second-order valence-electron chi connectivity index (χ2n) is 6.04. The zero-order valence-electron chi connectivity index (χ0n) is 13.2. The molecule has 1 aromatic rings. The molecule has 0 saturated heterocycles. The lowest BCUT2D eigenvalue weighted by molar-refractivity contribution is -0.145. The zero-order chi connectivity index (χ0) is 15.9. The van der Waals surface area contributed by atoms with Gasteiger partial charge in [-0.1, -0.05) is 13.0 Å². The van der Waals surface area contributed by atoms with Crippen LogP contribution in [0.25, 0.3) is 0 Å². The molecule has 1 amide bonds. The molecular formula is C17H25NO3S. The first-order valence-electron chi connectivity index (χ1n) is 8.15. The third kappa shape index (κ3) is 4.57. The molecule has 0 unspecified atom stereocenters. The minimum Gasteiger partial charge on any atom is -0.481 e. The van der Waals surface area contributed by atoms with Crippen LogP contribution in [0.1, 0.15) is 43.9 Å². The van der Waals surface area contributed by atoms with Gasteiger partial charge in [-0.2, -0.15) is 0 Å². The SMILES string of the molecule is CCCN(CCc1cccs1)C(=O)C1CCC(C(=O)O)CC1. The molecule has 1 N–H and O–H groups in total. The molecule has 1 saturated carbocycles. The molecule has 1 heterocycles. The van der Waals surface area contributed by atoms with Crippen molar-refractivity contribution in [2.45, 2.75) is 45.4 Å². The molecular weight excluding hydrogens is 298 g/mol. The Morgan fingerprint density at radius 1 is 1.23 bits per heavy atom. The summed E-state index contributed by atoms with van der Waals surface area (Å²) in [5.74, 6) is -0.725. The lowest BCUT2D eigenvalue weighted by atomic mass is 9.81. The quantitative estimate of drug-likeness (QED) is 0.836. The summed E-state index contributed by atoms with van der Waals surface area (Å²) in [6.07, 6.45) is 4.58. The molecule has 0 spiro atoms. The van der Waals surface area contributed by atoms with Gasteiger partial charge in [0.15, 0.2) is 0 Å². The fourth-order valence-corrected chi connectivity index (χ4v) is 3.85. The Balaban J connectivity index is 1.87. The Hall–Kier alpha value is -1.36. The number of carbonyl (C=O) groups excluding carboxylic acids is 1. The Kier molecular flexibility index (Phi) is 6.43. The van der Waals surface area contributed by atoms with E-state index in [4.69, 9.17) is 5.11 Å². The van der Waals surface area contributed by atoms with Gasteiger partial charge in [0, 0.05) is 23.9 Å². The summed E-state index contributed by atoms with van der Waals surface area (Å²) >= 11 is 1.73. The van der Waals surface area contributed by atoms with Gasteiger partial charge in [-0.25, -0.2) is 0 Å². The van der Waals surface area contributed by atoms with Gasteiger partial charge in [-0.05, 0) is 50.0 Å². The Morgan fingerprint density at radius 3 is 2.45 bits per heavy atom. The molecule has 0 atom stereocenters. The lowest BCUT2D eigenvalue weighted by Crippen LogP contribution is -2.40. The van der Waals surface area contributed by atoms with Crippen molar-refractivity contribution in [1.29, 1.82) is 0 Å². The van der Waals surface area contributed by atoms with Gasteiger partial charge < -0.3 is 10.0 Å². The van der Waals surface area contributed by atoms with Crippen molar-refractivity contribution in [2.24, 2.45) is 11.8 Å². The molecule has 0 aliphatic heterocycles. The van der Waals surface area contributed by atoms with E-state index in [0.717, 1.165) is 38.8 Å². The summed E-state index contributed by atoms with van der Waals surface area (Å²) in [7, 11) is 0. The predicted molar refractivity (Wildman–Crippen MR) is 88.0 cm³/mol. The van der Waals surface area contributed by atoms with E-state index in [-0.39, 0.29) is 17.7 Å². The van der Waals surface area contributed by atoms with E-state index >= 15 is 0 Å². The topological polar surface area (TPSA) is 57.6 Å². The highest BCUT2D eigenvalue weighted by atomic mass is 32.1. The Labute approximate surface area is 136 Å². The minimum absolute atomic E-state index is 0.0190. The molecule has 22 heavy (non-hydrogen) atoms. The van der Waals surface area contributed by atoms with Crippen molar-refractivity contribution in [3.05, 3.63) is 22.4 Å². The van der Waals surface area contributed by atoms with Crippen LogP contribution in [-0.2, 0) is 16.0 Å². The van der Waals surface area contributed by atoms with Crippen LogP contribution < -0.4 is 0 Å². The molecule has 4 nitrogen and oxygen atoms in total. The van der Waals surface area contributed by atoms with E-state index in [1.807, 2.05) is 11.0 Å². The number of aliphatic carboxylic acids is 1. The summed E-state index contributed by atoms with van der Waals surface area (Å²) in [6.45, 7) is 3.65. The standard InChI is InChI=1S/C17H25NO3S/c1-2-10-18(11-9-15-4-3-12-22-15)16(19)13-5-7-14(8-6-13)17(20)21/h3-4,12-14H,2,5-11H2,1H3,(H,20,21). The number of carboxylic acid groups (broad SMARTS) is 1. The van der Waals surface area contributed by atoms with Gasteiger partial charge in [-0.15, -0.1) is 11.3 Å². The normalized spacial score (nSPS) is 21.5. The first-order valence-corrected chi connectivity index (χ1v) is 9.03. The summed E-state index contributed by atoms with van der Waals surface area (Å²) < 4.78 is 0. The fraction of sp³-hybridized carbons (Fsp3) is 0.647. The third-order valence-electron chi connectivity index (χ3n) is 4.44. The number of carboxylic acids is 1. The van der Waals surface area contributed by atoms with Gasteiger partial charge in [-0.3, -0.25) is 9.59 Å². The average molecular weight is 323 g/mol. The Morgan fingerprint density at radius 2 is 1.91 bits per heavy atom. The second kappa shape index (κ2) is 8.32. The van der Waals surface area contributed by atoms with E-state index in [9.17, 15) is 9.59 Å². The number of rotatable bonds is 7. The highest BCUT2D eigenvalue weighted by Gasteiger charge is 2.31. The van der Waals surface area contributed by atoms with E-state index < -0.39 is 5.97 Å². The summed E-state index contributed by atoms with van der Waals surface area (Å²) in [4.78, 5) is 27.0. The highest BCUT2D eigenvalue weighted by molar-refractivity contribution is 7.09. The molecule has 2 rings (SSSR count). The number of carbonyl (C=O) groups is 2. The van der Waals surface area contributed by atoms with Crippen molar-refractivity contribution in [2.75, 3.05) is 13.1 Å². The highest BCUT2D eigenvalue weighted by Crippen LogP contribution is 2.30. The van der Waals surface area contributed by atoms with Crippen molar-refractivity contribution in [3.63, 3.8) is 0 Å². The summed E-state index contributed by atoms with van der Waals surface area (Å²) in [6, 6.07) is 4.15. The van der Waals surface area contributed by atoms with Gasteiger partial charge >= 0.3 is 5.97 Å². The molecule has 1 aromatic heterocycles. The van der Waals surface area contributed by atoms with Crippen molar-refractivity contribution >= 4 is 23.2 Å². The number of thiophene rings is 1. The summed E-state index contributed by atoms with van der Waals surface area (Å²) in [5.41, 5.74) is 0. The van der Waals surface area contributed by atoms with Crippen LogP contribution in [0.3, 0.4) is 0 Å². The predicted octanol–water partition coefficient (Wildman–Crippen LogP) is 3.42. The monoisotopic (exact) mass is 323 g/mol. The maximum absolute atomic E-state index is 12.7. The van der Waals surface area contributed by atoms with Gasteiger partial charge in [0.25, 0.3) is 0 Å². The second-order valence-corrected chi connectivity index (χ2v) is 7.07. The first kappa shape index (κ1) is 17.0. The molecule has 0 aromatic carbocycles. The number of nitrogens with zero attached hydrogens (tertiary/aromatic N) is 1. The molecule has 1 aliphatic carbocycles. The van der Waals surface area contributed by atoms with E-state index in [0.29, 0.717) is 12.8 Å². The lowest BCUT2D eigenvalue weighted by Gasteiger charge is -2.31. The molecule has 122 valence electrons. The van der Waals surface area contributed by atoms with Crippen molar-refractivity contribution in [1.82, 2.24) is 4.90 Å². The molecule has 0 bridgehead atoms. The van der Waals surface area contributed by atoms with Crippen molar-refractivity contribution < 1.29 is 14.7 Å². The van der Waals surface area contributed by atoms with E-state index in [1.54, 1.807) is 11.3 Å². The third-order valence-corrected chi connectivity index (χ3v) is 5.38. The smallest absolute Gasteiger partial charge is 0.306 e. The first-order chi connectivity index (χ1) is 10.6. The van der Waals surface area contributed by atoms with E-state index in [1.165, 1.54) is 4.88 Å². The average Bonchev–Trinajstić information content (AvgIpc) is 3.04. The number of hydrogen-bond acceptors (Lipinski definition) is 3. The van der Waals surface area contributed by atoms with Gasteiger partial charge in [0.1, 0.15) is 0 Å². The molecule has 1 aliphatic rings. The minimum atomic E-state index is -0.714. The largest absolute Gasteiger partial charge is 0.481 e. The molecule has 1 fully saturated rings. The van der Waals surface area contributed by atoms with Crippen LogP contribution in [0.4, 0.5) is 0 Å². The fourth-order valence-electron chi connectivity index (χ4n) is 3.15. The molecule has 0 radical (unpaired) electrons. The van der Waals surface area contributed by atoms with Crippen LogP contribution in [0.15, 0.2) is 17.5 Å². The van der Waals surface area contributed by atoms with Crippen LogP contribution in [0.2, 0.25) is 0 Å². The van der Waals surface area contributed by atoms with Crippen LogP contribution >= 0.6 is 11.3 Å². The van der Waals surface area contributed by atoms with Crippen LogP contribution in [0, 0.1) is 11.8 Å². The maximum Gasteiger partial charge on any atom is 0.306 e. The number of amides is 1. The summed E-state index contributed by atoms with van der Waals surface area (Å²) in [5, 5.41) is 11.1. The number of hydrogen-bond donors (Lipinski definition) is 1. The molecule has 5 heteroatoms. The van der Waals surface area contributed by atoms with Crippen molar-refractivity contribution in [3.8, 4) is 0 Å².